The Morgan fingerprint density at radius 1 is 1.22 bits per heavy atom. The largest absolute Gasteiger partial charge is 0.334 e. The Bertz CT molecular complexity index is 926. The van der Waals surface area contributed by atoms with Crippen molar-refractivity contribution >= 4 is 10.0 Å². The van der Waals surface area contributed by atoms with Gasteiger partial charge in [-0.15, -0.1) is 0 Å². The molecular weight excluding hydrogens is 364 g/mol. The quantitative estimate of drug-likeness (QED) is 0.861. The molecule has 1 saturated heterocycles. The number of piperidine rings is 1. The SMILES string of the molecule is CC1CC(C)CN(S(=O)(=O)c2cccc(-c3nc(C4(N)CCC4)no3)c2)C1. The van der Waals surface area contributed by atoms with E-state index in [0.717, 1.165) is 25.7 Å². The molecule has 2 unspecified atom stereocenters. The van der Waals surface area contributed by atoms with Crippen molar-refractivity contribution < 1.29 is 12.9 Å². The summed E-state index contributed by atoms with van der Waals surface area (Å²) in [6.07, 6.45) is 3.79. The maximum absolute atomic E-state index is 13.1. The van der Waals surface area contributed by atoms with Crippen LogP contribution in [0.4, 0.5) is 0 Å². The van der Waals surface area contributed by atoms with E-state index in [9.17, 15) is 8.42 Å². The minimum atomic E-state index is -3.55. The molecule has 4 rings (SSSR count). The van der Waals surface area contributed by atoms with Gasteiger partial charge in [-0.3, -0.25) is 0 Å². The predicted molar refractivity (Wildman–Crippen MR) is 101 cm³/mol. The van der Waals surface area contributed by atoms with Crippen LogP contribution in [0.25, 0.3) is 11.5 Å². The molecule has 0 amide bonds. The molecule has 2 heterocycles. The van der Waals surface area contributed by atoms with Gasteiger partial charge in [0.25, 0.3) is 5.89 Å². The third kappa shape index (κ3) is 3.41. The number of hydrogen-bond acceptors (Lipinski definition) is 6. The van der Waals surface area contributed by atoms with Crippen LogP contribution in [-0.2, 0) is 15.6 Å². The van der Waals surface area contributed by atoms with E-state index in [0.29, 0.717) is 42.2 Å². The lowest BCUT2D eigenvalue weighted by molar-refractivity contribution is 0.222. The molecule has 2 N–H and O–H groups in total. The van der Waals surface area contributed by atoms with Gasteiger partial charge in [-0.1, -0.05) is 25.1 Å². The second-order valence-electron chi connectivity index (χ2n) is 8.23. The van der Waals surface area contributed by atoms with Crippen LogP contribution < -0.4 is 5.73 Å². The summed E-state index contributed by atoms with van der Waals surface area (Å²) in [5.74, 6) is 1.51. The first-order chi connectivity index (χ1) is 12.8. The molecule has 0 spiro atoms. The van der Waals surface area contributed by atoms with Crippen LogP contribution in [0.1, 0.15) is 45.4 Å². The third-order valence-corrected chi connectivity index (χ3v) is 7.50. The fourth-order valence-corrected chi connectivity index (χ4v) is 5.79. The van der Waals surface area contributed by atoms with Crippen molar-refractivity contribution in [1.29, 1.82) is 0 Å². The van der Waals surface area contributed by atoms with E-state index >= 15 is 0 Å². The number of sulfonamides is 1. The van der Waals surface area contributed by atoms with Gasteiger partial charge in [-0.25, -0.2) is 8.42 Å². The van der Waals surface area contributed by atoms with Crippen LogP contribution in [0.2, 0.25) is 0 Å². The molecule has 0 radical (unpaired) electrons. The van der Waals surface area contributed by atoms with Gasteiger partial charge in [-0.05, 0) is 55.7 Å². The molecule has 1 aromatic carbocycles. The van der Waals surface area contributed by atoms with Crippen LogP contribution in [0, 0.1) is 11.8 Å². The Balaban J connectivity index is 1.62. The smallest absolute Gasteiger partial charge is 0.258 e. The van der Waals surface area contributed by atoms with Gasteiger partial charge in [0.05, 0.1) is 10.4 Å². The standard InChI is InChI=1S/C19H26N4O3S/c1-13-9-14(2)12-23(11-13)27(24,25)16-6-3-5-15(10-16)17-21-18(22-26-17)19(20)7-4-8-19/h3,5-6,10,13-14H,4,7-9,11-12,20H2,1-2H3. The molecule has 0 bridgehead atoms. The zero-order valence-corrected chi connectivity index (χ0v) is 16.6. The molecule has 2 fully saturated rings. The summed E-state index contributed by atoms with van der Waals surface area (Å²) in [6.45, 7) is 5.30. The van der Waals surface area contributed by atoms with Gasteiger partial charge in [0, 0.05) is 18.7 Å². The molecule has 1 saturated carbocycles. The normalized spacial score (nSPS) is 25.9. The van der Waals surface area contributed by atoms with E-state index in [1.165, 1.54) is 0 Å². The summed E-state index contributed by atoms with van der Waals surface area (Å²) in [5.41, 5.74) is 6.34. The molecule has 1 aliphatic heterocycles. The number of rotatable bonds is 4. The molecule has 146 valence electrons. The Morgan fingerprint density at radius 2 is 1.93 bits per heavy atom. The molecule has 8 heteroatoms. The van der Waals surface area contributed by atoms with Crippen molar-refractivity contribution in [1.82, 2.24) is 14.4 Å². The number of nitrogens with two attached hydrogens (primary N) is 1. The topological polar surface area (TPSA) is 102 Å². The van der Waals surface area contributed by atoms with Crippen LogP contribution >= 0.6 is 0 Å². The highest BCUT2D eigenvalue weighted by molar-refractivity contribution is 7.89. The van der Waals surface area contributed by atoms with Crippen LogP contribution in [0.15, 0.2) is 33.7 Å². The average molecular weight is 391 g/mol. The Labute approximate surface area is 160 Å². The first kappa shape index (κ1) is 18.6. The van der Waals surface area contributed by atoms with Gasteiger partial charge in [0.1, 0.15) is 0 Å². The fraction of sp³-hybridized carbons (Fsp3) is 0.579. The van der Waals surface area contributed by atoms with E-state index in [2.05, 4.69) is 24.0 Å². The highest BCUT2D eigenvalue weighted by atomic mass is 32.2. The van der Waals surface area contributed by atoms with Crippen molar-refractivity contribution in [2.24, 2.45) is 17.6 Å². The van der Waals surface area contributed by atoms with Crippen LogP contribution in [-0.4, -0.2) is 36.0 Å². The number of benzene rings is 1. The second-order valence-corrected chi connectivity index (χ2v) is 10.2. The van der Waals surface area contributed by atoms with Crippen LogP contribution in [0.3, 0.4) is 0 Å². The van der Waals surface area contributed by atoms with Crippen molar-refractivity contribution in [2.75, 3.05) is 13.1 Å². The molecule has 2 atom stereocenters. The third-order valence-electron chi connectivity index (χ3n) is 5.67. The average Bonchev–Trinajstić information content (AvgIpc) is 3.09. The van der Waals surface area contributed by atoms with Gasteiger partial charge < -0.3 is 10.3 Å². The zero-order chi connectivity index (χ0) is 19.2. The van der Waals surface area contributed by atoms with E-state index in [1.807, 2.05) is 0 Å². The predicted octanol–water partition coefficient (Wildman–Crippen LogP) is 2.74. The van der Waals surface area contributed by atoms with Gasteiger partial charge in [0.15, 0.2) is 5.82 Å². The van der Waals surface area contributed by atoms with Gasteiger partial charge >= 0.3 is 0 Å². The maximum Gasteiger partial charge on any atom is 0.258 e. The Kier molecular flexibility index (Phi) is 4.60. The summed E-state index contributed by atoms with van der Waals surface area (Å²) < 4.78 is 33.2. The minimum absolute atomic E-state index is 0.257. The molecule has 2 aliphatic rings. The first-order valence-electron chi connectivity index (χ1n) is 9.51. The van der Waals surface area contributed by atoms with Gasteiger partial charge in [-0.2, -0.15) is 9.29 Å². The van der Waals surface area contributed by atoms with Gasteiger partial charge in [0.2, 0.25) is 10.0 Å². The highest BCUT2D eigenvalue weighted by Gasteiger charge is 2.39. The summed E-state index contributed by atoms with van der Waals surface area (Å²) in [4.78, 5) is 4.68. The maximum atomic E-state index is 13.1. The summed E-state index contributed by atoms with van der Waals surface area (Å²) >= 11 is 0. The number of hydrogen-bond donors (Lipinski definition) is 1. The van der Waals surface area contributed by atoms with Crippen molar-refractivity contribution in [3.8, 4) is 11.5 Å². The second kappa shape index (κ2) is 6.68. The summed E-state index contributed by atoms with van der Waals surface area (Å²) in [6, 6.07) is 6.73. The summed E-state index contributed by atoms with van der Waals surface area (Å²) in [5, 5.41) is 4.02. The fourth-order valence-electron chi connectivity index (χ4n) is 4.06. The molecule has 2 aromatic rings. The van der Waals surface area contributed by atoms with Crippen LogP contribution in [0.5, 0.6) is 0 Å². The van der Waals surface area contributed by atoms with E-state index in [-0.39, 0.29) is 4.90 Å². The molecule has 27 heavy (non-hydrogen) atoms. The molecule has 1 aromatic heterocycles. The Morgan fingerprint density at radius 3 is 2.56 bits per heavy atom. The monoisotopic (exact) mass is 390 g/mol. The van der Waals surface area contributed by atoms with E-state index in [4.69, 9.17) is 10.3 Å². The molecular formula is C19H26N4O3S. The summed E-state index contributed by atoms with van der Waals surface area (Å²) in [7, 11) is -3.55. The zero-order valence-electron chi connectivity index (χ0n) is 15.8. The lowest BCUT2D eigenvalue weighted by Gasteiger charge is -2.34. The molecule has 7 nitrogen and oxygen atoms in total. The van der Waals surface area contributed by atoms with Crippen molar-refractivity contribution in [3.05, 3.63) is 30.1 Å². The van der Waals surface area contributed by atoms with Crippen molar-refractivity contribution in [3.63, 3.8) is 0 Å². The number of aromatic nitrogens is 2. The minimum Gasteiger partial charge on any atom is -0.334 e. The first-order valence-corrected chi connectivity index (χ1v) is 11.0. The Hall–Kier alpha value is -1.77. The van der Waals surface area contributed by atoms with E-state index in [1.54, 1.807) is 28.6 Å². The highest BCUT2D eigenvalue weighted by Crippen LogP contribution is 2.38. The lowest BCUT2D eigenvalue weighted by atomic mass is 9.77. The number of nitrogens with zero attached hydrogens (tertiary/aromatic N) is 3. The lowest BCUT2D eigenvalue weighted by Crippen LogP contribution is -2.44. The van der Waals surface area contributed by atoms with E-state index < -0.39 is 15.6 Å². The van der Waals surface area contributed by atoms with Crippen molar-refractivity contribution in [2.45, 2.75) is 50.0 Å². The molecule has 1 aliphatic carbocycles.